The van der Waals surface area contributed by atoms with Gasteiger partial charge in [-0.2, -0.15) is 0 Å². The highest BCUT2D eigenvalue weighted by Crippen LogP contribution is 2.48. The predicted octanol–water partition coefficient (Wildman–Crippen LogP) is 5.05. The fraction of sp³-hybridized carbons (Fsp3) is 0.417. The molecule has 0 saturated heterocycles. The van der Waals surface area contributed by atoms with Crippen LogP contribution in [-0.2, 0) is 5.60 Å². The SMILES string of the molecule is COc1ccc(C=C2CCCC(CN(C)C)C2(O)c2cc(F)c(F)c(C)c2F)cc1. The summed E-state index contributed by atoms with van der Waals surface area (Å²) in [4.78, 5) is 1.91. The van der Waals surface area contributed by atoms with Gasteiger partial charge in [0.15, 0.2) is 11.6 Å². The van der Waals surface area contributed by atoms with Crippen molar-refractivity contribution in [2.45, 2.75) is 31.8 Å². The molecule has 2 atom stereocenters. The van der Waals surface area contributed by atoms with E-state index < -0.39 is 28.6 Å². The van der Waals surface area contributed by atoms with Crippen molar-refractivity contribution in [2.24, 2.45) is 5.92 Å². The van der Waals surface area contributed by atoms with Gasteiger partial charge in [-0.15, -0.1) is 0 Å². The molecule has 162 valence electrons. The number of aliphatic hydroxyl groups is 1. The van der Waals surface area contributed by atoms with Gasteiger partial charge in [0, 0.05) is 23.6 Å². The van der Waals surface area contributed by atoms with Crippen LogP contribution < -0.4 is 4.74 Å². The fourth-order valence-corrected chi connectivity index (χ4v) is 4.35. The molecule has 1 fully saturated rings. The predicted molar refractivity (Wildman–Crippen MR) is 112 cm³/mol. The Kier molecular flexibility index (Phi) is 6.58. The third-order valence-corrected chi connectivity index (χ3v) is 5.91. The molecule has 2 aromatic rings. The van der Waals surface area contributed by atoms with Crippen LogP contribution in [0.1, 0.15) is 36.0 Å². The maximum absolute atomic E-state index is 15.2. The first-order valence-corrected chi connectivity index (χ1v) is 10.0. The molecule has 30 heavy (non-hydrogen) atoms. The molecule has 3 rings (SSSR count). The van der Waals surface area contributed by atoms with E-state index in [9.17, 15) is 13.9 Å². The van der Waals surface area contributed by atoms with E-state index in [0.717, 1.165) is 18.1 Å². The van der Waals surface area contributed by atoms with Crippen LogP contribution in [-0.4, -0.2) is 37.8 Å². The lowest BCUT2D eigenvalue weighted by molar-refractivity contribution is -0.0205. The Morgan fingerprint density at radius 3 is 2.43 bits per heavy atom. The molecular formula is C24H28F3NO2. The van der Waals surface area contributed by atoms with E-state index in [1.807, 2.05) is 37.2 Å². The van der Waals surface area contributed by atoms with Gasteiger partial charge in [0.1, 0.15) is 17.2 Å². The summed E-state index contributed by atoms with van der Waals surface area (Å²) in [7, 11) is 5.32. The molecule has 0 aliphatic heterocycles. The summed E-state index contributed by atoms with van der Waals surface area (Å²) in [5.41, 5.74) is -0.961. The van der Waals surface area contributed by atoms with Crippen molar-refractivity contribution < 1.29 is 23.0 Å². The monoisotopic (exact) mass is 419 g/mol. The minimum absolute atomic E-state index is 0.204. The molecule has 6 heteroatoms. The normalized spacial score (nSPS) is 23.2. The second kappa shape index (κ2) is 8.82. The summed E-state index contributed by atoms with van der Waals surface area (Å²) in [5.74, 6) is -2.95. The zero-order valence-corrected chi connectivity index (χ0v) is 17.8. The van der Waals surface area contributed by atoms with E-state index in [1.54, 1.807) is 19.2 Å². The van der Waals surface area contributed by atoms with Crippen molar-refractivity contribution >= 4 is 6.08 Å². The van der Waals surface area contributed by atoms with Crippen LogP contribution in [0.3, 0.4) is 0 Å². The van der Waals surface area contributed by atoms with Crippen LogP contribution in [0.25, 0.3) is 6.08 Å². The van der Waals surface area contributed by atoms with E-state index in [1.165, 1.54) is 6.92 Å². The lowest BCUT2D eigenvalue weighted by Gasteiger charge is -2.44. The number of halogens is 3. The minimum Gasteiger partial charge on any atom is -0.497 e. The molecule has 0 aromatic heterocycles. The van der Waals surface area contributed by atoms with Crippen molar-refractivity contribution in [2.75, 3.05) is 27.7 Å². The van der Waals surface area contributed by atoms with Crippen molar-refractivity contribution in [1.82, 2.24) is 4.90 Å². The van der Waals surface area contributed by atoms with Gasteiger partial charge in [-0.05, 0) is 69.6 Å². The summed E-state index contributed by atoms with van der Waals surface area (Å²) >= 11 is 0. The summed E-state index contributed by atoms with van der Waals surface area (Å²) in [6.45, 7) is 1.67. The van der Waals surface area contributed by atoms with Gasteiger partial charge >= 0.3 is 0 Å². The van der Waals surface area contributed by atoms with E-state index in [-0.39, 0.29) is 11.5 Å². The standard InChI is InChI=1S/C24H28F3NO2/c1-15-22(26)20(13-21(25)23(15)27)24(29)17(6-5-7-18(24)14-28(2)3)12-16-8-10-19(30-4)11-9-16/h8-13,18,29H,5-7,14H2,1-4H3. The van der Waals surface area contributed by atoms with E-state index in [0.29, 0.717) is 30.7 Å². The fourth-order valence-electron chi connectivity index (χ4n) is 4.35. The van der Waals surface area contributed by atoms with Crippen LogP contribution in [0.15, 0.2) is 35.9 Å². The number of nitrogens with zero attached hydrogens (tertiary/aromatic N) is 1. The first kappa shape index (κ1) is 22.4. The Morgan fingerprint density at radius 2 is 1.83 bits per heavy atom. The molecule has 0 bridgehead atoms. The average Bonchev–Trinajstić information content (AvgIpc) is 2.72. The highest BCUT2D eigenvalue weighted by atomic mass is 19.2. The zero-order chi connectivity index (χ0) is 22.1. The molecule has 1 aliphatic carbocycles. The molecule has 2 unspecified atom stereocenters. The quantitative estimate of drug-likeness (QED) is 0.688. The molecule has 1 N–H and O–H groups in total. The molecule has 0 heterocycles. The minimum atomic E-state index is -1.74. The smallest absolute Gasteiger partial charge is 0.164 e. The third kappa shape index (κ3) is 4.12. The number of methoxy groups -OCH3 is 1. The first-order valence-electron chi connectivity index (χ1n) is 10.0. The molecule has 0 spiro atoms. The van der Waals surface area contributed by atoms with Crippen LogP contribution >= 0.6 is 0 Å². The van der Waals surface area contributed by atoms with Crippen molar-refractivity contribution in [3.63, 3.8) is 0 Å². The maximum Gasteiger partial charge on any atom is 0.164 e. The molecular weight excluding hydrogens is 391 g/mol. The largest absolute Gasteiger partial charge is 0.497 e. The van der Waals surface area contributed by atoms with Gasteiger partial charge < -0.3 is 14.7 Å². The van der Waals surface area contributed by atoms with Gasteiger partial charge in [0.2, 0.25) is 0 Å². The van der Waals surface area contributed by atoms with Gasteiger partial charge in [0.05, 0.1) is 7.11 Å². The van der Waals surface area contributed by atoms with Crippen molar-refractivity contribution in [1.29, 1.82) is 0 Å². The van der Waals surface area contributed by atoms with Gasteiger partial charge in [-0.25, -0.2) is 13.2 Å². The second-order valence-electron chi connectivity index (χ2n) is 8.22. The van der Waals surface area contributed by atoms with E-state index in [2.05, 4.69) is 0 Å². The molecule has 2 aromatic carbocycles. The maximum atomic E-state index is 15.2. The van der Waals surface area contributed by atoms with E-state index >= 15 is 4.39 Å². The second-order valence-corrected chi connectivity index (χ2v) is 8.22. The Balaban J connectivity index is 2.19. The first-order chi connectivity index (χ1) is 14.2. The topological polar surface area (TPSA) is 32.7 Å². The highest BCUT2D eigenvalue weighted by molar-refractivity contribution is 5.58. The highest BCUT2D eigenvalue weighted by Gasteiger charge is 2.46. The number of benzene rings is 2. The number of ether oxygens (including phenoxy) is 1. The molecule has 3 nitrogen and oxygen atoms in total. The number of rotatable bonds is 5. The van der Waals surface area contributed by atoms with Crippen molar-refractivity contribution in [3.8, 4) is 5.75 Å². The van der Waals surface area contributed by atoms with Crippen LogP contribution in [0.2, 0.25) is 0 Å². The molecule has 0 radical (unpaired) electrons. The van der Waals surface area contributed by atoms with Gasteiger partial charge in [-0.3, -0.25) is 0 Å². The zero-order valence-electron chi connectivity index (χ0n) is 17.8. The molecule has 1 saturated carbocycles. The Morgan fingerprint density at radius 1 is 1.17 bits per heavy atom. The molecule has 0 amide bonds. The van der Waals surface area contributed by atoms with Crippen LogP contribution in [0.5, 0.6) is 5.75 Å². The third-order valence-electron chi connectivity index (χ3n) is 5.91. The van der Waals surface area contributed by atoms with E-state index in [4.69, 9.17) is 4.74 Å². The Labute approximate surface area is 175 Å². The summed E-state index contributed by atoms with van der Waals surface area (Å²) in [6, 6.07) is 8.10. The Hall–Kier alpha value is -2.31. The number of hydrogen-bond donors (Lipinski definition) is 1. The summed E-state index contributed by atoms with van der Waals surface area (Å²) < 4.78 is 48.6. The van der Waals surface area contributed by atoms with Crippen molar-refractivity contribution in [3.05, 3.63) is 70.0 Å². The lowest BCUT2D eigenvalue weighted by Crippen LogP contribution is -2.45. The molecule has 1 aliphatic rings. The van der Waals surface area contributed by atoms with Crippen LogP contribution in [0, 0.1) is 30.3 Å². The Bertz CT molecular complexity index is 940. The lowest BCUT2D eigenvalue weighted by atomic mass is 9.67. The summed E-state index contributed by atoms with van der Waals surface area (Å²) in [5, 5.41) is 11.9. The summed E-state index contributed by atoms with van der Waals surface area (Å²) in [6.07, 6.45) is 3.81. The number of hydrogen-bond acceptors (Lipinski definition) is 3. The van der Waals surface area contributed by atoms with Gasteiger partial charge in [0.25, 0.3) is 0 Å². The van der Waals surface area contributed by atoms with Gasteiger partial charge in [-0.1, -0.05) is 18.2 Å². The van der Waals surface area contributed by atoms with Crippen LogP contribution in [0.4, 0.5) is 13.2 Å². The average molecular weight is 419 g/mol.